The molecule has 0 aromatic rings. The van der Waals surface area contributed by atoms with Gasteiger partial charge in [-0.2, -0.15) is 0 Å². The molecular weight excluding hydrogens is 227 g/mol. The Balaban J connectivity index is 4.77. The predicted molar refractivity (Wildman–Crippen MR) is 63.5 cm³/mol. The molecule has 0 aromatic heterocycles. The van der Waals surface area contributed by atoms with Gasteiger partial charge in [-0.3, -0.25) is 0 Å². The Morgan fingerprint density at radius 3 is 2.12 bits per heavy atom. The van der Waals surface area contributed by atoms with E-state index in [2.05, 4.69) is 6.58 Å². The van der Waals surface area contributed by atoms with Crippen LogP contribution >= 0.6 is 8.69 Å². The standard InChI is InChI=1S/C11H20O4P/c1-5-7-11(8-6-2,15-16-13)14-10(12)9(3)4/h16H,3,5-8H2,1-2,4H3/q+1. The fourth-order valence-corrected chi connectivity index (χ4v) is 1.84. The highest BCUT2D eigenvalue weighted by Crippen LogP contribution is 2.30. The highest BCUT2D eigenvalue weighted by molar-refractivity contribution is 7.17. The summed E-state index contributed by atoms with van der Waals surface area (Å²) < 4.78 is 21.0. The SMILES string of the molecule is C=C(C)C(=O)OC(CCC)(CCC)O[PH+]=O. The summed E-state index contributed by atoms with van der Waals surface area (Å²) in [4.78, 5) is 11.5. The normalized spacial score (nSPS) is 11.4. The molecule has 0 fully saturated rings. The van der Waals surface area contributed by atoms with E-state index in [1.54, 1.807) is 6.92 Å². The van der Waals surface area contributed by atoms with Gasteiger partial charge >= 0.3 is 14.7 Å². The van der Waals surface area contributed by atoms with Crippen molar-refractivity contribution in [1.82, 2.24) is 0 Å². The van der Waals surface area contributed by atoms with Gasteiger partial charge in [0.25, 0.3) is 5.79 Å². The third kappa shape index (κ3) is 4.86. The monoisotopic (exact) mass is 247 g/mol. The summed E-state index contributed by atoms with van der Waals surface area (Å²) in [5, 5.41) is 0. The molecule has 0 saturated heterocycles. The van der Waals surface area contributed by atoms with E-state index in [0.29, 0.717) is 18.4 Å². The van der Waals surface area contributed by atoms with Gasteiger partial charge in [0.2, 0.25) is 0 Å². The van der Waals surface area contributed by atoms with Gasteiger partial charge in [-0.05, 0) is 24.3 Å². The second-order valence-electron chi connectivity index (χ2n) is 3.77. The van der Waals surface area contributed by atoms with Crippen molar-refractivity contribution in [2.45, 2.75) is 52.2 Å². The van der Waals surface area contributed by atoms with E-state index in [0.717, 1.165) is 12.8 Å². The Hall–Kier alpha value is -0.730. The first kappa shape index (κ1) is 15.3. The van der Waals surface area contributed by atoms with Crippen LogP contribution in [-0.4, -0.2) is 11.8 Å². The zero-order valence-electron chi connectivity index (χ0n) is 10.2. The molecule has 0 aromatic carbocycles. The quantitative estimate of drug-likeness (QED) is 0.285. The molecule has 0 aliphatic heterocycles. The van der Waals surface area contributed by atoms with Crippen molar-refractivity contribution in [1.29, 1.82) is 0 Å². The Morgan fingerprint density at radius 1 is 1.31 bits per heavy atom. The molecule has 0 amide bonds. The van der Waals surface area contributed by atoms with Crippen molar-refractivity contribution >= 4 is 14.7 Å². The molecule has 0 rings (SSSR count). The summed E-state index contributed by atoms with van der Waals surface area (Å²) in [7, 11) is -0.935. The number of ether oxygens (including phenoxy) is 1. The van der Waals surface area contributed by atoms with Crippen LogP contribution in [0.4, 0.5) is 0 Å². The van der Waals surface area contributed by atoms with Gasteiger partial charge in [-0.1, -0.05) is 25.0 Å². The molecule has 5 heteroatoms. The van der Waals surface area contributed by atoms with E-state index < -0.39 is 20.4 Å². The number of hydrogen-bond acceptors (Lipinski definition) is 4. The Kier molecular flexibility index (Phi) is 7.18. The third-order valence-electron chi connectivity index (χ3n) is 2.12. The van der Waals surface area contributed by atoms with Crippen molar-refractivity contribution in [3.8, 4) is 0 Å². The largest absolute Gasteiger partial charge is 0.498 e. The first-order valence-electron chi connectivity index (χ1n) is 5.45. The van der Waals surface area contributed by atoms with Gasteiger partial charge in [0.05, 0.1) is 0 Å². The molecular formula is C11H20O4P+. The van der Waals surface area contributed by atoms with Gasteiger partial charge < -0.3 is 4.74 Å². The van der Waals surface area contributed by atoms with E-state index >= 15 is 0 Å². The number of rotatable bonds is 8. The molecule has 0 aliphatic rings. The lowest BCUT2D eigenvalue weighted by molar-refractivity contribution is -0.196. The van der Waals surface area contributed by atoms with Gasteiger partial charge in [0.15, 0.2) is 0 Å². The van der Waals surface area contributed by atoms with Crippen LogP contribution in [0.15, 0.2) is 12.2 Å². The van der Waals surface area contributed by atoms with Crippen LogP contribution in [0.1, 0.15) is 46.5 Å². The molecule has 1 unspecified atom stereocenters. The minimum atomic E-state index is -1.06. The van der Waals surface area contributed by atoms with Crippen LogP contribution in [-0.2, 0) is 18.6 Å². The summed E-state index contributed by atoms with van der Waals surface area (Å²) in [5.41, 5.74) is 0.314. The third-order valence-corrected chi connectivity index (χ3v) is 2.57. The molecule has 4 nitrogen and oxygen atoms in total. The van der Waals surface area contributed by atoms with Gasteiger partial charge in [0.1, 0.15) is 0 Å². The molecule has 0 saturated carbocycles. The Labute approximate surface area is 98.3 Å². The lowest BCUT2D eigenvalue weighted by Gasteiger charge is -2.26. The number of esters is 1. The number of hydrogen-bond donors (Lipinski definition) is 0. The highest BCUT2D eigenvalue weighted by Gasteiger charge is 2.38. The van der Waals surface area contributed by atoms with Crippen molar-refractivity contribution < 1.29 is 18.6 Å². The summed E-state index contributed by atoms with van der Waals surface area (Å²) in [6.45, 7) is 9.00. The highest BCUT2D eigenvalue weighted by atomic mass is 31.1. The molecule has 0 heterocycles. The summed E-state index contributed by atoms with van der Waals surface area (Å²) >= 11 is 0. The van der Waals surface area contributed by atoms with E-state index in [1.807, 2.05) is 13.8 Å². The van der Waals surface area contributed by atoms with Crippen molar-refractivity contribution in [3.63, 3.8) is 0 Å². The lowest BCUT2D eigenvalue weighted by atomic mass is 10.1. The number of carbonyl (C=O) groups excluding carboxylic acids is 1. The van der Waals surface area contributed by atoms with Crippen LogP contribution in [0.3, 0.4) is 0 Å². The first-order chi connectivity index (χ1) is 7.51. The zero-order chi connectivity index (χ0) is 12.6. The minimum absolute atomic E-state index is 0.314. The van der Waals surface area contributed by atoms with E-state index in [-0.39, 0.29) is 0 Å². The van der Waals surface area contributed by atoms with Crippen LogP contribution in [0.5, 0.6) is 0 Å². The molecule has 0 aliphatic carbocycles. The van der Waals surface area contributed by atoms with Gasteiger partial charge in [0, 0.05) is 18.4 Å². The molecule has 0 spiro atoms. The molecule has 0 N–H and O–H groups in total. The summed E-state index contributed by atoms with van der Waals surface area (Å²) in [6, 6.07) is 0. The lowest BCUT2D eigenvalue weighted by Crippen LogP contribution is -2.35. The molecule has 0 radical (unpaired) electrons. The van der Waals surface area contributed by atoms with Crippen molar-refractivity contribution in [2.24, 2.45) is 0 Å². The Morgan fingerprint density at radius 2 is 1.81 bits per heavy atom. The molecule has 0 bridgehead atoms. The first-order valence-corrected chi connectivity index (χ1v) is 6.27. The van der Waals surface area contributed by atoms with Crippen LogP contribution < -0.4 is 0 Å². The van der Waals surface area contributed by atoms with Crippen LogP contribution in [0, 0.1) is 0 Å². The van der Waals surface area contributed by atoms with Gasteiger partial charge in [-0.25, -0.2) is 4.79 Å². The van der Waals surface area contributed by atoms with Crippen LogP contribution in [0.25, 0.3) is 0 Å². The zero-order valence-corrected chi connectivity index (χ0v) is 11.2. The molecule has 1 atom stereocenters. The van der Waals surface area contributed by atoms with E-state index in [1.165, 1.54) is 0 Å². The Bertz CT molecular complexity index is 257. The second kappa shape index (κ2) is 7.53. The number of carbonyl (C=O) groups is 1. The van der Waals surface area contributed by atoms with Crippen molar-refractivity contribution in [2.75, 3.05) is 0 Å². The average molecular weight is 247 g/mol. The topological polar surface area (TPSA) is 52.6 Å². The summed E-state index contributed by atoms with van der Waals surface area (Å²) in [6.07, 6.45) is 2.64. The van der Waals surface area contributed by atoms with Crippen LogP contribution in [0.2, 0.25) is 0 Å². The van der Waals surface area contributed by atoms with E-state index in [9.17, 15) is 9.36 Å². The smallest absolute Gasteiger partial charge is 0.425 e. The maximum atomic E-state index is 11.5. The fraction of sp³-hybridized carbons (Fsp3) is 0.727. The minimum Gasteiger partial charge on any atom is -0.425 e. The molecule has 92 valence electrons. The molecule has 16 heavy (non-hydrogen) atoms. The fourth-order valence-electron chi connectivity index (χ4n) is 1.44. The van der Waals surface area contributed by atoms with Gasteiger partial charge in [-0.15, -0.1) is 0 Å². The maximum Gasteiger partial charge on any atom is 0.498 e. The van der Waals surface area contributed by atoms with E-state index in [4.69, 9.17) is 9.26 Å². The predicted octanol–water partition coefficient (Wildman–Crippen LogP) is 3.36. The maximum absolute atomic E-state index is 11.5. The second-order valence-corrected chi connectivity index (χ2v) is 4.14. The van der Waals surface area contributed by atoms with Crippen molar-refractivity contribution in [3.05, 3.63) is 12.2 Å². The average Bonchev–Trinajstić information content (AvgIpc) is 2.18. The summed E-state index contributed by atoms with van der Waals surface area (Å²) in [5.74, 6) is -1.56.